The predicted molar refractivity (Wildman–Crippen MR) is 97.7 cm³/mol. The van der Waals surface area contributed by atoms with Crippen molar-refractivity contribution in [3.8, 4) is 17.1 Å². The van der Waals surface area contributed by atoms with Crippen LogP contribution in [-0.2, 0) is 6.54 Å². The van der Waals surface area contributed by atoms with Crippen LogP contribution in [0.1, 0.15) is 6.92 Å². The van der Waals surface area contributed by atoms with E-state index in [9.17, 15) is 0 Å². The van der Waals surface area contributed by atoms with Gasteiger partial charge in [0.15, 0.2) is 0 Å². The van der Waals surface area contributed by atoms with Gasteiger partial charge in [-0.3, -0.25) is 0 Å². The van der Waals surface area contributed by atoms with Gasteiger partial charge in [-0.2, -0.15) is 0 Å². The third-order valence-electron chi connectivity index (χ3n) is 3.94. The zero-order valence-electron chi connectivity index (χ0n) is 13.2. The van der Waals surface area contributed by atoms with Gasteiger partial charge < -0.3 is 15.0 Å². The SMILES string of the molecule is COc1ccc(-c2nc3ccccc3n2CC(C)C(N)=S)cc1. The molecule has 0 aliphatic carbocycles. The summed E-state index contributed by atoms with van der Waals surface area (Å²) < 4.78 is 7.41. The molecule has 118 valence electrons. The second-order valence-corrected chi connectivity index (χ2v) is 6.04. The van der Waals surface area contributed by atoms with Gasteiger partial charge in [0.05, 0.1) is 23.1 Å². The normalized spacial score (nSPS) is 12.3. The Morgan fingerprint density at radius 3 is 2.57 bits per heavy atom. The summed E-state index contributed by atoms with van der Waals surface area (Å²) in [4.78, 5) is 5.31. The van der Waals surface area contributed by atoms with Crippen LogP contribution >= 0.6 is 12.2 Å². The summed E-state index contributed by atoms with van der Waals surface area (Å²) >= 11 is 5.13. The van der Waals surface area contributed by atoms with E-state index in [2.05, 4.69) is 10.6 Å². The number of hydrogen-bond acceptors (Lipinski definition) is 3. The molecule has 3 rings (SSSR count). The number of nitrogens with zero attached hydrogens (tertiary/aromatic N) is 2. The average molecular weight is 325 g/mol. The minimum absolute atomic E-state index is 0.0969. The summed E-state index contributed by atoms with van der Waals surface area (Å²) in [6, 6.07) is 16.0. The summed E-state index contributed by atoms with van der Waals surface area (Å²) in [6.45, 7) is 2.74. The first-order valence-corrected chi connectivity index (χ1v) is 7.90. The predicted octanol–water partition coefficient (Wildman–Crippen LogP) is 3.63. The van der Waals surface area contributed by atoms with Crippen LogP contribution in [0.2, 0.25) is 0 Å². The zero-order chi connectivity index (χ0) is 16.4. The molecule has 0 amide bonds. The number of imidazole rings is 1. The topological polar surface area (TPSA) is 53.1 Å². The number of rotatable bonds is 5. The third kappa shape index (κ3) is 3.05. The van der Waals surface area contributed by atoms with E-state index in [-0.39, 0.29) is 5.92 Å². The van der Waals surface area contributed by atoms with Crippen LogP contribution in [-0.4, -0.2) is 21.6 Å². The number of benzene rings is 2. The molecular formula is C18H19N3OS. The summed E-state index contributed by atoms with van der Waals surface area (Å²) in [7, 11) is 1.66. The molecule has 23 heavy (non-hydrogen) atoms. The summed E-state index contributed by atoms with van der Waals surface area (Å²) in [5.74, 6) is 1.84. The molecule has 5 heteroatoms. The molecular weight excluding hydrogens is 306 g/mol. The Labute approximate surface area is 140 Å². The monoisotopic (exact) mass is 325 g/mol. The van der Waals surface area contributed by atoms with Crippen molar-refractivity contribution in [2.45, 2.75) is 13.5 Å². The van der Waals surface area contributed by atoms with Crippen LogP contribution in [0.25, 0.3) is 22.4 Å². The minimum atomic E-state index is 0.0969. The smallest absolute Gasteiger partial charge is 0.141 e. The molecule has 0 radical (unpaired) electrons. The molecule has 0 aliphatic heterocycles. The van der Waals surface area contributed by atoms with Gasteiger partial charge in [0.2, 0.25) is 0 Å². The van der Waals surface area contributed by atoms with Crippen LogP contribution in [0.3, 0.4) is 0 Å². The van der Waals surface area contributed by atoms with Crippen molar-refractivity contribution < 1.29 is 4.74 Å². The van der Waals surface area contributed by atoms with Gasteiger partial charge in [-0.05, 0) is 36.4 Å². The van der Waals surface area contributed by atoms with Gasteiger partial charge in [0.25, 0.3) is 0 Å². The van der Waals surface area contributed by atoms with E-state index in [0.717, 1.165) is 28.2 Å². The molecule has 2 aromatic carbocycles. The number of hydrogen-bond donors (Lipinski definition) is 1. The Balaban J connectivity index is 2.12. The maximum absolute atomic E-state index is 5.80. The van der Waals surface area contributed by atoms with E-state index < -0.39 is 0 Å². The molecule has 0 bridgehead atoms. The third-order valence-corrected chi connectivity index (χ3v) is 4.35. The standard InChI is InChI=1S/C18H19N3OS/c1-12(17(19)23)11-21-16-6-4-3-5-15(16)20-18(21)13-7-9-14(22-2)10-8-13/h3-10,12H,11H2,1-2H3,(H2,19,23). The maximum atomic E-state index is 5.80. The van der Waals surface area contributed by atoms with E-state index in [1.54, 1.807) is 7.11 Å². The lowest BCUT2D eigenvalue weighted by Gasteiger charge is -2.14. The summed E-state index contributed by atoms with van der Waals surface area (Å²) in [5, 5.41) is 0. The first-order valence-electron chi connectivity index (χ1n) is 7.49. The molecule has 0 fully saturated rings. The van der Waals surface area contributed by atoms with Gasteiger partial charge >= 0.3 is 0 Å². The second kappa shape index (κ2) is 6.38. The van der Waals surface area contributed by atoms with Gasteiger partial charge in [-0.1, -0.05) is 31.3 Å². The Morgan fingerprint density at radius 2 is 1.91 bits per heavy atom. The van der Waals surface area contributed by atoms with Gasteiger partial charge in [-0.25, -0.2) is 4.98 Å². The van der Waals surface area contributed by atoms with Crippen LogP contribution < -0.4 is 10.5 Å². The molecule has 3 aromatic rings. The lowest BCUT2D eigenvalue weighted by molar-refractivity contribution is 0.415. The van der Waals surface area contributed by atoms with E-state index >= 15 is 0 Å². The van der Waals surface area contributed by atoms with Crippen molar-refractivity contribution in [1.82, 2.24) is 9.55 Å². The van der Waals surface area contributed by atoms with Crippen LogP contribution in [0.4, 0.5) is 0 Å². The van der Waals surface area contributed by atoms with Crippen molar-refractivity contribution in [3.63, 3.8) is 0 Å². The summed E-state index contributed by atoms with van der Waals surface area (Å²) in [6.07, 6.45) is 0. The van der Waals surface area contributed by atoms with Crippen molar-refractivity contribution in [1.29, 1.82) is 0 Å². The fourth-order valence-corrected chi connectivity index (χ4v) is 2.66. The fourth-order valence-electron chi connectivity index (χ4n) is 2.58. The number of fused-ring (bicyclic) bond motifs is 1. The molecule has 2 N–H and O–H groups in total. The van der Waals surface area contributed by atoms with Crippen molar-refractivity contribution >= 4 is 28.2 Å². The number of para-hydroxylation sites is 2. The largest absolute Gasteiger partial charge is 0.497 e. The van der Waals surface area contributed by atoms with Crippen LogP contribution in [0, 0.1) is 5.92 Å². The maximum Gasteiger partial charge on any atom is 0.141 e. The highest BCUT2D eigenvalue weighted by atomic mass is 32.1. The van der Waals surface area contributed by atoms with Gasteiger partial charge in [0, 0.05) is 18.0 Å². The molecule has 0 saturated carbocycles. The highest BCUT2D eigenvalue weighted by molar-refractivity contribution is 7.80. The molecule has 0 spiro atoms. The van der Waals surface area contributed by atoms with Crippen molar-refractivity contribution in [2.24, 2.45) is 11.7 Å². The number of thiocarbonyl (C=S) groups is 1. The van der Waals surface area contributed by atoms with Crippen molar-refractivity contribution in [3.05, 3.63) is 48.5 Å². The number of aromatic nitrogens is 2. The van der Waals surface area contributed by atoms with Crippen molar-refractivity contribution in [2.75, 3.05) is 7.11 Å². The highest BCUT2D eigenvalue weighted by Crippen LogP contribution is 2.27. The average Bonchev–Trinajstić information content (AvgIpc) is 2.93. The van der Waals surface area contributed by atoms with Gasteiger partial charge in [-0.15, -0.1) is 0 Å². The Morgan fingerprint density at radius 1 is 1.22 bits per heavy atom. The fraction of sp³-hybridized carbons (Fsp3) is 0.222. The number of ether oxygens (including phenoxy) is 1. The first kappa shape index (κ1) is 15.5. The zero-order valence-corrected chi connectivity index (χ0v) is 14.0. The second-order valence-electron chi connectivity index (χ2n) is 5.57. The Kier molecular flexibility index (Phi) is 4.30. The molecule has 4 nitrogen and oxygen atoms in total. The highest BCUT2D eigenvalue weighted by Gasteiger charge is 2.15. The summed E-state index contributed by atoms with van der Waals surface area (Å²) in [5.41, 5.74) is 8.89. The molecule has 1 heterocycles. The lowest BCUT2D eigenvalue weighted by atomic mass is 10.1. The van der Waals surface area contributed by atoms with E-state index in [1.807, 2.05) is 49.4 Å². The molecule has 1 aromatic heterocycles. The molecule has 0 aliphatic rings. The first-order chi connectivity index (χ1) is 11.1. The van der Waals surface area contributed by atoms with E-state index in [4.69, 9.17) is 27.7 Å². The quantitative estimate of drug-likeness (QED) is 0.728. The van der Waals surface area contributed by atoms with Crippen LogP contribution in [0.5, 0.6) is 5.75 Å². The van der Waals surface area contributed by atoms with Gasteiger partial charge in [0.1, 0.15) is 11.6 Å². The Hall–Kier alpha value is -2.40. The minimum Gasteiger partial charge on any atom is -0.497 e. The molecule has 1 atom stereocenters. The lowest BCUT2D eigenvalue weighted by Crippen LogP contribution is -2.23. The molecule has 0 saturated heterocycles. The van der Waals surface area contributed by atoms with E-state index in [0.29, 0.717) is 11.5 Å². The molecule has 1 unspecified atom stereocenters. The van der Waals surface area contributed by atoms with E-state index in [1.165, 1.54) is 0 Å². The number of nitrogens with two attached hydrogens (primary N) is 1. The van der Waals surface area contributed by atoms with Crippen LogP contribution in [0.15, 0.2) is 48.5 Å². The number of methoxy groups -OCH3 is 1. The Bertz CT molecular complexity index is 839.